The first kappa shape index (κ1) is 14.7. The van der Waals surface area contributed by atoms with E-state index in [9.17, 15) is 13.2 Å². The van der Waals surface area contributed by atoms with Crippen molar-refractivity contribution in [3.05, 3.63) is 58.3 Å². The molecule has 0 radical (unpaired) electrons. The highest BCUT2D eigenvalue weighted by Crippen LogP contribution is 2.21. The fourth-order valence-corrected chi connectivity index (χ4v) is 1.98. The number of hydrogen-bond acceptors (Lipinski definition) is 2. The van der Waals surface area contributed by atoms with Gasteiger partial charge >= 0.3 is 6.61 Å². The Morgan fingerprint density at radius 3 is 2.40 bits per heavy atom. The van der Waals surface area contributed by atoms with Crippen molar-refractivity contribution in [1.29, 1.82) is 0 Å². The Morgan fingerprint density at radius 2 is 1.80 bits per heavy atom. The zero-order valence-electron chi connectivity index (χ0n) is 10.2. The van der Waals surface area contributed by atoms with Gasteiger partial charge in [0.15, 0.2) is 0 Å². The van der Waals surface area contributed by atoms with E-state index in [1.54, 1.807) is 24.3 Å². The number of benzene rings is 2. The van der Waals surface area contributed by atoms with E-state index in [0.29, 0.717) is 11.0 Å². The number of rotatable bonds is 5. The second kappa shape index (κ2) is 6.65. The molecular formula is C14H11BrF3NO. The number of halogens is 4. The molecule has 0 spiro atoms. The lowest BCUT2D eigenvalue weighted by Gasteiger charge is -2.09. The Kier molecular flexibility index (Phi) is 4.89. The van der Waals surface area contributed by atoms with Crippen LogP contribution in [0.1, 0.15) is 5.56 Å². The number of hydrogen-bond donors (Lipinski definition) is 1. The molecule has 0 fully saturated rings. The molecule has 0 saturated carbocycles. The Morgan fingerprint density at radius 1 is 1.10 bits per heavy atom. The highest BCUT2D eigenvalue weighted by molar-refractivity contribution is 9.10. The molecule has 2 aromatic carbocycles. The average Bonchev–Trinajstić information content (AvgIpc) is 2.41. The van der Waals surface area contributed by atoms with E-state index >= 15 is 0 Å². The number of alkyl halides is 2. The highest BCUT2D eigenvalue weighted by Gasteiger charge is 2.04. The van der Waals surface area contributed by atoms with Crippen LogP contribution in [-0.2, 0) is 6.54 Å². The number of ether oxygens (including phenoxy) is 1. The van der Waals surface area contributed by atoms with E-state index in [0.717, 1.165) is 11.3 Å². The largest absolute Gasteiger partial charge is 0.435 e. The first-order valence-electron chi connectivity index (χ1n) is 5.77. The fraction of sp³-hybridized carbons (Fsp3) is 0.143. The van der Waals surface area contributed by atoms with Gasteiger partial charge < -0.3 is 10.1 Å². The van der Waals surface area contributed by atoms with Gasteiger partial charge in [0.25, 0.3) is 0 Å². The van der Waals surface area contributed by atoms with Crippen molar-refractivity contribution < 1.29 is 17.9 Å². The molecule has 0 aliphatic heterocycles. The second-order valence-electron chi connectivity index (χ2n) is 4.00. The van der Waals surface area contributed by atoms with Crippen LogP contribution in [0.5, 0.6) is 5.75 Å². The summed E-state index contributed by atoms with van der Waals surface area (Å²) >= 11 is 3.10. The van der Waals surface area contributed by atoms with Crippen LogP contribution in [0.4, 0.5) is 18.9 Å². The number of nitrogens with one attached hydrogen (secondary N) is 1. The maximum absolute atomic E-state index is 13.1. The summed E-state index contributed by atoms with van der Waals surface area (Å²) in [7, 11) is 0. The molecule has 0 aliphatic carbocycles. The van der Waals surface area contributed by atoms with Gasteiger partial charge in [-0.05, 0) is 51.8 Å². The maximum atomic E-state index is 13.1. The summed E-state index contributed by atoms with van der Waals surface area (Å²) in [6, 6.07) is 10.9. The quantitative estimate of drug-likeness (QED) is 0.840. The monoisotopic (exact) mass is 345 g/mol. The summed E-state index contributed by atoms with van der Waals surface area (Å²) in [5.74, 6) is -0.211. The van der Waals surface area contributed by atoms with Crippen LogP contribution in [0.2, 0.25) is 0 Å². The summed E-state index contributed by atoms with van der Waals surface area (Å²) in [5.41, 5.74) is 1.65. The van der Waals surface area contributed by atoms with Crippen LogP contribution >= 0.6 is 15.9 Å². The second-order valence-corrected chi connectivity index (χ2v) is 4.86. The average molecular weight is 346 g/mol. The maximum Gasteiger partial charge on any atom is 0.387 e. The van der Waals surface area contributed by atoms with Crippen LogP contribution in [0, 0.1) is 5.82 Å². The van der Waals surface area contributed by atoms with Crippen LogP contribution < -0.4 is 10.1 Å². The third kappa shape index (κ3) is 4.16. The van der Waals surface area contributed by atoms with E-state index in [2.05, 4.69) is 26.0 Å². The van der Waals surface area contributed by atoms with Gasteiger partial charge in [0.05, 0.1) is 4.47 Å². The van der Waals surface area contributed by atoms with Crippen molar-refractivity contribution in [3.63, 3.8) is 0 Å². The summed E-state index contributed by atoms with van der Waals surface area (Å²) < 4.78 is 41.7. The zero-order chi connectivity index (χ0) is 14.5. The van der Waals surface area contributed by atoms with Crippen molar-refractivity contribution in [2.45, 2.75) is 13.2 Å². The number of anilines is 1. The molecule has 6 heteroatoms. The third-order valence-electron chi connectivity index (χ3n) is 2.56. The van der Waals surface area contributed by atoms with Gasteiger partial charge in [0, 0.05) is 12.2 Å². The molecule has 106 valence electrons. The van der Waals surface area contributed by atoms with E-state index < -0.39 is 6.61 Å². The molecule has 0 heterocycles. The lowest BCUT2D eigenvalue weighted by molar-refractivity contribution is -0.0498. The molecule has 0 aliphatic rings. The lowest BCUT2D eigenvalue weighted by atomic mass is 10.2. The molecule has 0 unspecified atom stereocenters. The van der Waals surface area contributed by atoms with E-state index in [-0.39, 0.29) is 11.6 Å². The molecule has 20 heavy (non-hydrogen) atoms. The van der Waals surface area contributed by atoms with Gasteiger partial charge in [-0.3, -0.25) is 0 Å². The smallest absolute Gasteiger partial charge is 0.387 e. The van der Waals surface area contributed by atoms with Crippen molar-refractivity contribution in [3.8, 4) is 5.75 Å². The predicted molar refractivity (Wildman–Crippen MR) is 74.5 cm³/mol. The van der Waals surface area contributed by atoms with Crippen molar-refractivity contribution in [2.75, 3.05) is 5.32 Å². The summed E-state index contributed by atoms with van der Waals surface area (Å²) in [6.45, 7) is -2.33. The minimum atomic E-state index is -2.82. The third-order valence-corrected chi connectivity index (χ3v) is 3.17. The normalized spacial score (nSPS) is 10.7. The van der Waals surface area contributed by atoms with Gasteiger partial charge in [0.2, 0.25) is 0 Å². The van der Waals surface area contributed by atoms with Gasteiger partial charge in [-0.2, -0.15) is 8.78 Å². The molecule has 2 nitrogen and oxygen atoms in total. The molecule has 0 amide bonds. The SMILES string of the molecule is Fc1ccc(NCc2ccc(OC(F)F)cc2)cc1Br. The van der Waals surface area contributed by atoms with E-state index in [1.807, 2.05) is 0 Å². The minimum absolute atomic E-state index is 0.119. The molecule has 2 rings (SSSR count). The summed E-state index contributed by atoms with van der Waals surface area (Å²) in [5, 5.41) is 3.10. The Balaban J connectivity index is 1.95. The summed E-state index contributed by atoms with van der Waals surface area (Å²) in [4.78, 5) is 0. The lowest BCUT2D eigenvalue weighted by Crippen LogP contribution is -2.03. The van der Waals surface area contributed by atoms with E-state index in [1.165, 1.54) is 18.2 Å². The van der Waals surface area contributed by atoms with Crippen LogP contribution in [0.15, 0.2) is 46.9 Å². The van der Waals surface area contributed by atoms with Crippen LogP contribution in [-0.4, -0.2) is 6.61 Å². The first-order valence-corrected chi connectivity index (χ1v) is 6.56. The van der Waals surface area contributed by atoms with Gasteiger partial charge in [-0.1, -0.05) is 12.1 Å². The fourth-order valence-electron chi connectivity index (χ4n) is 1.60. The standard InChI is InChI=1S/C14H11BrF3NO/c15-12-7-10(3-6-13(12)16)19-8-9-1-4-11(5-2-9)20-14(17)18/h1-7,14,19H,8H2. The Labute approximate surface area is 122 Å². The molecule has 0 saturated heterocycles. The molecule has 2 aromatic rings. The topological polar surface area (TPSA) is 21.3 Å². The van der Waals surface area contributed by atoms with Gasteiger partial charge in [-0.15, -0.1) is 0 Å². The van der Waals surface area contributed by atoms with E-state index in [4.69, 9.17) is 0 Å². The Bertz CT molecular complexity index is 575. The molecule has 0 atom stereocenters. The molecule has 0 bridgehead atoms. The summed E-state index contributed by atoms with van der Waals surface area (Å²) in [6.07, 6.45) is 0. The molecular weight excluding hydrogens is 335 g/mol. The van der Waals surface area contributed by atoms with Crippen molar-refractivity contribution in [1.82, 2.24) is 0 Å². The molecule has 1 N–H and O–H groups in total. The highest BCUT2D eigenvalue weighted by atomic mass is 79.9. The Hall–Kier alpha value is -1.69. The zero-order valence-corrected chi connectivity index (χ0v) is 11.8. The van der Waals surface area contributed by atoms with Crippen LogP contribution in [0.3, 0.4) is 0 Å². The van der Waals surface area contributed by atoms with Crippen LogP contribution in [0.25, 0.3) is 0 Å². The predicted octanol–water partition coefficient (Wildman–Crippen LogP) is 4.80. The van der Waals surface area contributed by atoms with Gasteiger partial charge in [-0.25, -0.2) is 4.39 Å². The van der Waals surface area contributed by atoms with Gasteiger partial charge in [0.1, 0.15) is 11.6 Å². The minimum Gasteiger partial charge on any atom is -0.435 e. The van der Waals surface area contributed by atoms with Crippen molar-refractivity contribution in [2.24, 2.45) is 0 Å². The first-order chi connectivity index (χ1) is 9.54. The van der Waals surface area contributed by atoms with Crippen molar-refractivity contribution >= 4 is 21.6 Å². The molecule has 0 aromatic heterocycles.